The Kier molecular flexibility index (Phi) is 3.34. The maximum absolute atomic E-state index is 8.86. The fourth-order valence-corrected chi connectivity index (χ4v) is 2.57. The molecule has 0 unspecified atom stereocenters. The van der Waals surface area contributed by atoms with Gasteiger partial charge in [-0.2, -0.15) is 0 Å². The largest absolute Gasteiger partial charge is 0.456 e. The summed E-state index contributed by atoms with van der Waals surface area (Å²) in [5.74, 6) is 0. The first-order chi connectivity index (χ1) is 9.72. The van der Waals surface area contributed by atoms with Gasteiger partial charge in [-0.25, -0.2) is 0 Å². The lowest BCUT2D eigenvalue weighted by Crippen LogP contribution is -2.17. The smallest absolute Gasteiger partial charge is 0.142 e. The highest BCUT2D eigenvalue weighted by atomic mass is 16.3. The molecule has 4 N–H and O–H groups in total. The van der Waals surface area contributed by atoms with E-state index in [1.807, 2.05) is 37.3 Å². The summed E-state index contributed by atoms with van der Waals surface area (Å²) < 4.78 is 5.97. The van der Waals surface area contributed by atoms with E-state index in [2.05, 4.69) is 5.32 Å². The standard InChI is InChI=1S/C16H18N2O2/c1-10-8-11(9-18-6-7-19)16-14(15(10)17)12-4-2-3-5-13(12)20-16/h2-5,8,18-19H,6-7,9,17H2,1H3. The minimum Gasteiger partial charge on any atom is -0.456 e. The molecule has 0 aliphatic rings. The molecular weight excluding hydrogens is 252 g/mol. The Bertz CT molecular complexity index is 762. The Morgan fingerprint density at radius 1 is 1.30 bits per heavy atom. The topological polar surface area (TPSA) is 71.4 Å². The van der Waals surface area contributed by atoms with Gasteiger partial charge in [-0.1, -0.05) is 18.2 Å². The van der Waals surface area contributed by atoms with Gasteiger partial charge < -0.3 is 20.6 Å². The van der Waals surface area contributed by atoms with Crippen molar-refractivity contribution in [2.45, 2.75) is 13.5 Å². The number of aryl methyl sites for hydroxylation is 1. The van der Waals surface area contributed by atoms with Crippen molar-refractivity contribution in [3.8, 4) is 0 Å². The van der Waals surface area contributed by atoms with Gasteiger partial charge in [0.15, 0.2) is 0 Å². The van der Waals surface area contributed by atoms with Crippen molar-refractivity contribution in [2.75, 3.05) is 18.9 Å². The Morgan fingerprint density at radius 3 is 2.90 bits per heavy atom. The molecule has 2 aromatic carbocycles. The van der Waals surface area contributed by atoms with Crippen molar-refractivity contribution in [1.82, 2.24) is 5.32 Å². The van der Waals surface area contributed by atoms with E-state index >= 15 is 0 Å². The number of aliphatic hydroxyl groups is 1. The number of rotatable bonds is 4. The number of anilines is 1. The molecular formula is C16H18N2O2. The lowest BCUT2D eigenvalue weighted by Gasteiger charge is -2.08. The van der Waals surface area contributed by atoms with Crippen molar-refractivity contribution in [1.29, 1.82) is 0 Å². The maximum atomic E-state index is 8.86. The second-order valence-electron chi connectivity index (χ2n) is 4.97. The van der Waals surface area contributed by atoms with Gasteiger partial charge in [0.2, 0.25) is 0 Å². The molecule has 1 heterocycles. The molecule has 0 saturated heterocycles. The van der Waals surface area contributed by atoms with Gasteiger partial charge in [0, 0.05) is 29.7 Å². The molecule has 4 nitrogen and oxygen atoms in total. The zero-order valence-electron chi connectivity index (χ0n) is 11.4. The van der Waals surface area contributed by atoms with E-state index in [0.29, 0.717) is 13.1 Å². The highest BCUT2D eigenvalue weighted by Crippen LogP contribution is 2.36. The fourth-order valence-electron chi connectivity index (χ4n) is 2.57. The van der Waals surface area contributed by atoms with Crippen molar-refractivity contribution < 1.29 is 9.52 Å². The first-order valence-corrected chi connectivity index (χ1v) is 6.73. The first-order valence-electron chi connectivity index (χ1n) is 6.73. The molecule has 0 radical (unpaired) electrons. The van der Waals surface area contributed by atoms with Crippen LogP contribution < -0.4 is 11.1 Å². The number of hydrogen-bond donors (Lipinski definition) is 3. The molecule has 0 spiro atoms. The summed E-state index contributed by atoms with van der Waals surface area (Å²) in [7, 11) is 0. The van der Waals surface area contributed by atoms with E-state index in [1.54, 1.807) is 0 Å². The monoisotopic (exact) mass is 270 g/mol. The normalized spacial score (nSPS) is 11.5. The van der Waals surface area contributed by atoms with Gasteiger partial charge in [-0.05, 0) is 24.6 Å². The molecule has 0 saturated carbocycles. The van der Waals surface area contributed by atoms with Gasteiger partial charge in [0.1, 0.15) is 11.2 Å². The van der Waals surface area contributed by atoms with E-state index in [1.165, 1.54) is 0 Å². The number of fused-ring (bicyclic) bond motifs is 3. The van der Waals surface area contributed by atoms with E-state index in [4.69, 9.17) is 15.3 Å². The number of aliphatic hydroxyl groups excluding tert-OH is 1. The molecule has 4 heteroatoms. The quantitative estimate of drug-likeness (QED) is 0.503. The van der Waals surface area contributed by atoms with Crippen LogP contribution in [0.4, 0.5) is 5.69 Å². The Labute approximate surface area is 117 Å². The lowest BCUT2D eigenvalue weighted by molar-refractivity contribution is 0.292. The maximum Gasteiger partial charge on any atom is 0.142 e. The van der Waals surface area contributed by atoms with Crippen molar-refractivity contribution in [3.05, 3.63) is 41.5 Å². The Balaban J connectivity index is 2.23. The molecule has 0 bridgehead atoms. The zero-order valence-corrected chi connectivity index (χ0v) is 11.4. The van der Waals surface area contributed by atoms with Crippen LogP contribution in [0, 0.1) is 6.92 Å². The summed E-state index contributed by atoms with van der Waals surface area (Å²) in [6, 6.07) is 9.97. The van der Waals surface area contributed by atoms with Crippen LogP contribution >= 0.6 is 0 Å². The van der Waals surface area contributed by atoms with Crippen molar-refractivity contribution >= 4 is 27.6 Å². The van der Waals surface area contributed by atoms with E-state index in [9.17, 15) is 0 Å². The van der Waals surface area contributed by atoms with E-state index in [0.717, 1.165) is 38.8 Å². The molecule has 3 rings (SSSR count). The molecule has 0 fully saturated rings. The minimum atomic E-state index is 0.122. The van der Waals surface area contributed by atoms with Crippen LogP contribution in [0.2, 0.25) is 0 Å². The predicted octanol–water partition coefficient (Wildman–Crippen LogP) is 2.56. The molecule has 0 atom stereocenters. The summed E-state index contributed by atoms with van der Waals surface area (Å²) in [5, 5.41) is 14.1. The summed E-state index contributed by atoms with van der Waals surface area (Å²) in [6.45, 7) is 3.34. The minimum absolute atomic E-state index is 0.122. The van der Waals surface area contributed by atoms with Gasteiger partial charge in [0.25, 0.3) is 0 Å². The number of benzene rings is 2. The van der Waals surface area contributed by atoms with E-state index < -0.39 is 0 Å². The average molecular weight is 270 g/mol. The average Bonchev–Trinajstić information content (AvgIpc) is 2.84. The van der Waals surface area contributed by atoms with Crippen LogP contribution in [0.15, 0.2) is 34.7 Å². The van der Waals surface area contributed by atoms with Crippen molar-refractivity contribution in [3.63, 3.8) is 0 Å². The molecule has 0 aliphatic carbocycles. The zero-order chi connectivity index (χ0) is 14.1. The SMILES string of the molecule is Cc1cc(CNCCO)c2oc3ccccc3c2c1N. The highest BCUT2D eigenvalue weighted by Gasteiger charge is 2.15. The third kappa shape index (κ3) is 2.03. The predicted molar refractivity (Wildman–Crippen MR) is 81.7 cm³/mol. The van der Waals surface area contributed by atoms with Crippen LogP contribution in [0.1, 0.15) is 11.1 Å². The number of nitrogen functional groups attached to an aromatic ring is 1. The summed E-state index contributed by atoms with van der Waals surface area (Å²) >= 11 is 0. The number of nitrogens with two attached hydrogens (primary N) is 1. The number of para-hydroxylation sites is 1. The van der Waals surface area contributed by atoms with E-state index in [-0.39, 0.29) is 6.61 Å². The van der Waals surface area contributed by atoms with Crippen LogP contribution in [0.25, 0.3) is 21.9 Å². The van der Waals surface area contributed by atoms with Crippen LogP contribution in [0.5, 0.6) is 0 Å². The van der Waals surface area contributed by atoms with Crippen LogP contribution in [0.3, 0.4) is 0 Å². The lowest BCUT2D eigenvalue weighted by atomic mass is 10.0. The third-order valence-electron chi connectivity index (χ3n) is 3.58. The highest BCUT2D eigenvalue weighted by molar-refractivity contribution is 6.12. The summed E-state index contributed by atoms with van der Waals surface area (Å²) in [6.07, 6.45) is 0. The molecule has 104 valence electrons. The van der Waals surface area contributed by atoms with Gasteiger partial charge >= 0.3 is 0 Å². The fraction of sp³-hybridized carbons (Fsp3) is 0.250. The van der Waals surface area contributed by atoms with Crippen LogP contribution in [-0.4, -0.2) is 18.3 Å². The van der Waals surface area contributed by atoms with Crippen LogP contribution in [-0.2, 0) is 6.54 Å². The van der Waals surface area contributed by atoms with Gasteiger partial charge in [-0.15, -0.1) is 0 Å². The summed E-state index contributed by atoms with van der Waals surface area (Å²) in [5.41, 5.74) is 10.8. The van der Waals surface area contributed by atoms with Gasteiger partial charge in [-0.3, -0.25) is 0 Å². The first kappa shape index (κ1) is 13.0. The third-order valence-corrected chi connectivity index (χ3v) is 3.58. The second-order valence-corrected chi connectivity index (χ2v) is 4.97. The number of nitrogens with one attached hydrogen (secondary N) is 1. The van der Waals surface area contributed by atoms with Gasteiger partial charge in [0.05, 0.1) is 12.0 Å². The molecule has 3 aromatic rings. The summed E-state index contributed by atoms with van der Waals surface area (Å²) in [4.78, 5) is 0. The molecule has 0 aliphatic heterocycles. The van der Waals surface area contributed by atoms with Crippen molar-refractivity contribution in [2.24, 2.45) is 0 Å². The Morgan fingerprint density at radius 2 is 2.10 bits per heavy atom. The Hall–Kier alpha value is -2.04. The molecule has 1 aromatic heterocycles. The number of furan rings is 1. The molecule has 0 amide bonds. The second kappa shape index (κ2) is 5.15. The number of hydrogen-bond acceptors (Lipinski definition) is 4. The molecule has 20 heavy (non-hydrogen) atoms.